The number of nitrogen functional groups attached to an aromatic ring is 1. The lowest BCUT2D eigenvalue weighted by molar-refractivity contribution is 0.306. The van der Waals surface area contributed by atoms with E-state index < -0.39 is 0 Å². The number of rotatable bonds is 2. The molecule has 1 aliphatic rings. The fraction of sp³-hybridized carbons (Fsp3) is 0.533. The molecule has 106 valence electrons. The van der Waals surface area contributed by atoms with Gasteiger partial charge >= 0.3 is 0 Å². The smallest absolute Gasteiger partial charge is 0.184 e. The Balaban J connectivity index is 1.99. The number of aromatic nitrogens is 4. The predicted octanol–water partition coefficient (Wildman–Crippen LogP) is 3.06. The number of anilines is 1. The van der Waals surface area contributed by atoms with Crippen molar-refractivity contribution in [3.63, 3.8) is 0 Å². The van der Waals surface area contributed by atoms with Gasteiger partial charge in [0.25, 0.3) is 0 Å². The maximum absolute atomic E-state index is 6.07. The highest BCUT2D eigenvalue weighted by Gasteiger charge is 2.26. The van der Waals surface area contributed by atoms with E-state index in [1.165, 1.54) is 25.7 Å². The lowest BCUT2D eigenvalue weighted by Gasteiger charge is -2.22. The fourth-order valence-corrected chi connectivity index (χ4v) is 3.13. The van der Waals surface area contributed by atoms with Crippen molar-refractivity contribution in [2.24, 2.45) is 5.92 Å². The van der Waals surface area contributed by atoms with Gasteiger partial charge in [-0.2, -0.15) is 0 Å². The van der Waals surface area contributed by atoms with Gasteiger partial charge in [-0.25, -0.2) is 4.68 Å². The van der Waals surface area contributed by atoms with Crippen molar-refractivity contribution in [2.45, 2.75) is 45.1 Å². The molecular weight excluding hydrogens is 250 g/mol. The van der Waals surface area contributed by atoms with Crippen molar-refractivity contribution in [1.82, 2.24) is 20.2 Å². The van der Waals surface area contributed by atoms with Crippen LogP contribution in [0.15, 0.2) is 24.3 Å². The van der Waals surface area contributed by atoms with Gasteiger partial charge in [0.1, 0.15) is 0 Å². The van der Waals surface area contributed by atoms with Gasteiger partial charge in [0, 0.05) is 11.3 Å². The standard InChI is InChI=1S/C15H21N5/c1-11-7-3-2-4-10-14(11)20-15(17-18-19-20)12-8-5-6-9-13(12)16/h5-6,8-9,11,14H,2-4,7,10,16H2,1H3. The zero-order chi connectivity index (χ0) is 13.9. The average Bonchev–Trinajstić information content (AvgIpc) is 2.82. The third-order valence-corrected chi connectivity index (χ3v) is 4.32. The molecule has 1 aromatic carbocycles. The number of hydrogen-bond acceptors (Lipinski definition) is 4. The van der Waals surface area contributed by atoms with Gasteiger partial charge < -0.3 is 5.73 Å². The molecule has 0 spiro atoms. The zero-order valence-electron chi connectivity index (χ0n) is 11.9. The summed E-state index contributed by atoms with van der Waals surface area (Å²) in [6.07, 6.45) is 6.26. The Morgan fingerprint density at radius 1 is 1.15 bits per heavy atom. The maximum atomic E-state index is 6.07. The SMILES string of the molecule is CC1CCCCCC1n1nnnc1-c1ccccc1N. The lowest BCUT2D eigenvalue weighted by Crippen LogP contribution is -2.19. The van der Waals surface area contributed by atoms with Gasteiger partial charge in [-0.15, -0.1) is 5.10 Å². The summed E-state index contributed by atoms with van der Waals surface area (Å²) in [5.41, 5.74) is 7.72. The molecule has 2 aromatic rings. The predicted molar refractivity (Wildman–Crippen MR) is 79.0 cm³/mol. The number of para-hydroxylation sites is 1. The molecule has 3 rings (SSSR count). The van der Waals surface area contributed by atoms with E-state index >= 15 is 0 Å². The van der Waals surface area contributed by atoms with E-state index in [2.05, 4.69) is 22.4 Å². The van der Waals surface area contributed by atoms with Crippen LogP contribution in [0.4, 0.5) is 5.69 Å². The molecule has 0 aliphatic heterocycles. The van der Waals surface area contributed by atoms with Crippen molar-refractivity contribution in [2.75, 3.05) is 5.73 Å². The van der Waals surface area contributed by atoms with Crippen molar-refractivity contribution < 1.29 is 0 Å². The third kappa shape index (κ3) is 2.40. The molecule has 5 heteroatoms. The Bertz CT molecular complexity index is 577. The van der Waals surface area contributed by atoms with Crippen LogP contribution in [-0.2, 0) is 0 Å². The van der Waals surface area contributed by atoms with Crippen molar-refractivity contribution >= 4 is 5.69 Å². The molecule has 0 radical (unpaired) electrons. The van der Waals surface area contributed by atoms with E-state index in [-0.39, 0.29) is 0 Å². The summed E-state index contributed by atoms with van der Waals surface area (Å²) in [4.78, 5) is 0. The van der Waals surface area contributed by atoms with E-state index in [9.17, 15) is 0 Å². The average molecular weight is 271 g/mol. The normalized spacial score (nSPS) is 23.4. The molecule has 1 aromatic heterocycles. The van der Waals surface area contributed by atoms with Gasteiger partial charge in [0.15, 0.2) is 5.82 Å². The molecular formula is C15H21N5. The molecule has 1 fully saturated rings. The summed E-state index contributed by atoms with van der Waals surface area (Å²) < 4.78 is 1.99. The van der Waals surface area contributed by atoms with Gasteiger partial charge in [0.2, 0.25) is 0 Å². The Morgan fingerprint density at radius 3 is 2.80 bits per heavy atom. The van der Waals surface area contributed by atoms with Crippen LogP contribution in [0.5, 0.6) is 0 Å². The van der Waals surface area contributed by atoms with Crippen LogP contribution in [0.25, 0.3) is 11.4 Å². The summed E-state index contributed by atoms with van der Waals surface area (Å²) in [6.45, 7) is 2.30. The number of hydrogen-bond donors (Lipinski definition) is 1. The Hall–Kier alpha value is -1.91. The first-order valence-corrected chi connectivity index (χ1v) is 7.40. The summed E-state index contributed by atoms with van der Waals surface area (Å²) in [7, 11) is 0. The van der Waals surface area contributed by atoms with E-state index in [0.29, 0.717) is 12.0 Å². The molecule has 20 heavy (non-hydrogen) atoms. The summed E-state index contributed by atoms with van der Waals surface area (Å²) in [5.74, 6) is 1.39. The molecule has 2 unspecified atom stereocenters. The van der Waals surface area contributed by atoms with E-state index in [1.807, 2.05) is 28.9 Å². The van der Waals surface area contributed by atoms with Crippen LogP contribution in [-0.4, -0.2) is 20.2 Å². The van der Waals surface area contributed by atoms with Crippen LogP contribution in [0.3, 0.4) is 0 Å². The van der Waals surface area contributed by atoms with Crippen LogP contribution in [0.2, 0.25) is 0 Å². The molecule has 5 nitrogen and oxygen atoms in total. The highest BCUT2D eigenvalue weighted by Crippen LogP contribution is 2.34. The number of tetrazole rings is 1. The van der Waals surface area contributed by atoms with E-state index in [4.69, 9.17) is 5.73 Å². The van der Waals surface area contributed by atoms with Crippen LogP contribution in [0, 0.1) is 5.92 Å². The third-order valence-electron chi connectivity index (χ3n) is 4.32. The minimum Gasteiger partial charge on any atom is -0.398 e. The van der Waals surface area contributed by atoms with Crippen LogP contribution in [0.1, 0.15) is 45.1 Å². The molecule has 1 aliphatic carbocycles. The van der Waals surface area contributed by atoms with Gasteiger partial charge in [-0.3, -0.25) is 0 Å². The van der Waals surface area contributed by atoms with Crippen molar-refractivity contribution in [1.29, 1.82) is 0 Å². The van der Waals surface area contributed by atoms with Crippen molar-refractivity contribution in [3.05, 3.63) is 24.3 Å². The first-order valence-electron chi connectivity index (χ1n) is 7.40. The second-order valence-electron chi connectivity index (χ2n) is 5.72. The van der Waals surface area contributed by atoms with Crippen LogP contribution < -0.4 is 5.73 Å². The zero-order valence-corrected chi connectivity index (χ0v) is 11.9. The molecule has 0 amide bonds. The summed E-state index contributed by atoms with van der Waals surface area (Å²) >= 11 is 0. The van der Waals surface area contributed by atoms with Crippen molar-refractivity contribution in [3.8, 4) is 11.4 Å². The Labute approximate surface area is 119 Å². The fourth-order valence-electron chi connectivity index (χ4n) is 3.13. The van der Waals surface area contributed by atoms with Gasteiger partial charge in [-0.05, 0) is 41.3 Å². The van der Waals surface area contributed by atoms with Gasteiger partial charge in [-0.1, -0.05) is 38.3 Å². The summed E-state index contributed by atoms with van der Waals surface area (Å²) in [6, 6.07) is 8.16. The molecule has 2 atom stereocenters. The minimum absolute atomic E-state index is 0.377. The monoisotopic (exact) mass is 271 g/mol. The van der Waals surface area contributed by atoms with E-state index in [0.717, 1.165) is 23.5 Å². The molecule has 2 N–H and O–H groups in total. The second-order valence-corrected chi connectivity index (χ2v) is 5.72. The first-order chi connectivity index (χ1) is 9.77. The minimum atomic E-state index is 0.377. The molecule has 1 saturated carbocycles. The second kappa shape index (κ2) is 5.61. The van der Waals surface area contributed by atoms with E-state index in [1.54, 1.807) is 0 Å². The maximum Gasteiger partial charge on any atom is 0.184 e. The Kier molecular flexibility index (Phi) is 3.67. The summed E-state index contributed by atoms with van der Waals surface area (Å²) in [5, 5.41) is 12.3. The lowest BCUT2D eigenvalue weighted by atomic mass is 9.97. The number of nitrogens with two attached hydrogens (primary N) is 1. The quantitative estimate of drug-likeness (QED) is 0.673. The Morgan fingerprint density at radius 2 is 1.95 bits per heavy atom. The van der Waals surface area contributed by atoms with Gasteiger partial charge in [0.05, 0.1) is 6.04 Å². The molecule has 0 bridgehead atoms. The highest BCUT2D eigenvalue weighted by atomic mass is 15.5. The van der Waals surface area contributed by atoms with Crippen LogP contribution >= 0.6 is 0 Å². The largest absolute Gasteiger partial charge is 0.398 e. The highest BCUT2D eigenvalue weighted by molar-refractivity contribution is 5.71. The first kappa shape index (κ1) is 13.1. The molecule has 1 heterocycles. The topological polar surface area (TPSA) is 69.6 Å². The number of benzene rings is 1. The molecule has 0 saturated heterocycles. The number of nitrogens with zero attached hydrogens (tertiary/aromatic N) is 4.